The number of halogens is 1. The van der Waals surface area contributed by atoms with Gasteiger partial charge in [-0.05, 0) is 17.7 Å². The fourth-order valence-corrected chi connectivity index (χ4v) is 2.30. The van der Waals surface area contributed by atoms with Crippen molar-refractivity contribution in [1.82, 2.24) is 5.32 Å². The second-order valence-corrected chi connectivity index (χ2v) is 6.04. The largest absolute Gasteiger partial charge is 0.397 e. The standard InChI is InChI=1S/C17H19ClN2O/c1-17(2,12-7-4-3-5-8-12)11-20-16(21)13-9-6-10-14(18)15(13)19/h3-10H,11,19H2,1-2H3,(H,20,21). The van der Waals surface area contributed by atoms with Crippen LogP contribution >= 0.6 is 11.6 Å². The van der Waals surface area contributed by atoms with E-state index >= 15 is 0 Å². The summed E-state index contributed by atoms with van der Waals surface area (Å²) in [5.41, 5.74) is 7.57. The maximum Gasteiger partial charge on any atom is 0.253 e. The van der Waals surface area contributed by atoms with Gasteiger partial charge in [-0.3, -0.25) is 4.79 Å². The minimum Gasteiger partial charge on any atom is -0.397 e. The maximum atomic E-state index is 12.2. The van der Waals surface area contributed by atoms with Crippen LogP contribution in [0.1, 0.15) is 29.8 Å². The Balaban J connectivity index is 2.09. The molecule has 0 fully saturated rings. The molecule has 4 heteroatoms. The van der Waals surface area contributed by atoms with E-state index in [4.69, 9.17) is 17.3 Å². The number of amides is 1. The summed E-state index contributed by atoms with van der Waals surface area (Å²) in [6, 6.07) is 15.1. The first-order valence-corrected chi connectivity index (χ1v) is 7.17. The van der Waals surface area contributed by atoms with E-state index in [1.54, 1.807) is 18.2 Å². The molecule has 1 amide bonds. The van der Waals surface area contributed by atoms with Gasteiger partial charge in [0.15, 0.2) is 0 Å². The molecule has 2 aromatic rings. The van der Waals surface area contributed by atoms with Gasteiger partial charge in [0.25, 0.3) is 5.91 Å². The Kier molecular flexibility index (Phi) is 4.53. The van der Waals surface area contributed by atoms with Crippen LogP contribution in [0.25, 0.3) is 0 Å². The van der Waals surface area contributed by atoms with Gasteiger partial charge >= 0.3 is 0 Å². The van der Waals surface area contributed by atoms with Crippen molar-refractivity contribution >= 4 is 23.2 Å². The lowest BCUT2D eigenvalue weighted by atomic mass is 9.84. The molecule has 0 radical (unpaired) electrons. The number of nitrogens with two attached hydrogens (primary N) is 1. The summed E-state index contributed by atoms with van der Waals surface area (Å²) in [5.74, 6) is -0.209. The van der Waals surface area contributed by atoms with E-state index in [-0.39, 0.29) is 11.3 Å². The van der Waals surface area contributed by atoms with E-state index in [1.807, 2.05) is 18.2 Å². The highest BCUT2D eigenvalue weighted by Gasteiger charge is 2.22. The van der Waals surface area contributed by atoms with Crippen molar-refractivity contribution in [3.8, 4) is 0 Å². The molecule has 0 unspecified atom stereocenters. The molecule has 21 heavy (non-hydrogen) atoms. The van der Waals surface area contributed by atoms with E-state index in [9.17, 15) is 4.79 Å². The molecule has 2 aromatic carbocycles. The van der Waals surface area contributed by atoms with Gasteiger partial charge in [-0.2, -0.15) is 0 Å². The molecule has 0 saturated carbocycles. The van der Waals surface area contributed by atoms with E-state index in [1.165, 1.54) is 5.56 Å². The fraction of sp³-hybridized carbons (Fsp3) is 0.235. The number of anilines is 1. The molecule has 110 valence electrons. The molecule has 0 heterocycles. The van der Waals surface area contributed by atoms with Crippen molar-refractivity contribution in [2.45, 2.75) is 19.3 Å². The lowest BCUT2D eigenvalue weighted by Gasteiger charge is -2.25. The second kappa shape index (κ2) is 6.19. The van der Waals surface area contributed by atoms with E-state index in [2.05, 4.69) is 31.3 Å². The van der Waals surface area contributed by atoms with Crippen LogP contribution in [0.3, 0.4) is 0 Å². The van der Waals surface area contributed by atoms with Crippen molar-refractivity contribution in [1.29, 1.82) is 0 Å². The molecular weight excluding hydrogens is 284 g/mol. The number of hydrogen-bond donors (Lipinski definition) is 2. The lowest BCUT2D eigenvalue weighted by Crippen LogP contribution is -2.36. The Morgan fingerprint density at radius 2 is 1.81 bits per heavy atom. The van der Waals surface area contributed by atoms with Gasteiger partial charge in [-0.1, -0.05) is 61.8 Å². The van der Waals surface area contributed by atoms with Crippen molar-refractivity contribution in [2.24, 2.45) is 0 Å². The number of nitrogens with one attached hydrogen (secondary N) is 1. The molecule has 3 nitrogen and oxygen atoms in total. The predicted octanol–water partition coefficient (Wildman–Crippen LogP) is 3.63. The Bertz CT molecular complexity index is 638. The summed E-state index contributed by atoms with van der Waals surface area (Å²) in [5, 5.41) is 3.32. The molecule has 0 aromatic heterocycles. The topological polar surface area (TPSA) is 55.1 Å². The Hall–Kier alpha value is -2.00. The Morgan fingerprint density at radius 3 is 2.48 bits per heavy atom. The van der Waals surface area contributed by atoms with Gasteiger partial charge in [-0.15, -0.1) is 0 Å². The third kappa shape index (κ3) is 3.56. The van der Waals surface area contributed by atoms with E-state index in [0.717, 1.165) is 0 Å². The second-order valence-electron chi connectivity index (χ2n) is 5.63. The van der Waals surface area contributed by atoms with E-state index < -0.39 is 0 Å². The van der Waals surface area contributed by atoms with Crippen LogP contribution in [0.4, 0.5) is 5.69 Å². The summed E-state index contributed by atoms with van der Waals surface area (Å²) in [4.78, 5) is 12.2. The molecule has 0 aliphatic rings. The van der Waals surface area contributed by atoms with Crippen LogP contribution in [0.15, 0.2) is 48.5 Å². The molecule has 0 spiro atoms. The predicted molar refractivity (Wildman–Crippen MR) is 87.7 cm³/mol. The van der Waals surface area contributed by atoms with Crippen LogP contribution in [0.5, 0.6) is 0 Å². The van der Waals surface area contributed by atoms with Crippen molar-refractivity contribution in [2.75, 3.05) is 12.3 Å². The summed E-state index contributed by atoms with van der Waals surface area (Å²) < 4.78 is 0. The number of para-hydroxylation sites is 1. The number of nitrogen functional groups attached to an aromatic ring is 1. The normalized spacial score (nSPS) is 11.2. The first-order chi connectivity index (χ1) is 9.92. The molecule has 3 N–H and O–H groups in total. The fourth-order valence-electron chi connectivity index (χ4n) is 2.12. The number of carbonyl (C=O) groups excluding carboxylic acids is 1. The van der Waals surface area contributed by atoms with Crippen molar-refractivity contribution in [3.05, 3.63) is 64.7 Å². The van der Waals surface area contributed by atoms with Crippen molar-refractivity contribution < 1.29 is 4.79 Å². The molecule has 0 bridgehead atoms. The van der Waals surface area contributed by atoms with Crippen LogP contribution < -0.4 is 11.1 Å². The van der Waals surface area contributed by atoms with Gasteiger partial charge < -0.3 is 11.1 Å². The zero-order valence-electron chi connectivity index (χ0n) is 12.2. The van der Waals surface area contributed by atoms with Crippen LogP contribution in [-0.2, 0) is 5.41 Å². The quantitative estimate of drug-likeness (QED) is 0.847. The number of carbonyl (C=O) groups is 1. The average Bonchev–Trinajstić information content (AvgIpc) is 2.49. The van der Waals surface area contributed by atoms with E-state index in [0.29, 0.717) is 22.8 Å². The molecule has 2 rings (SSSR count). The number of rotatable bonds is 4. The number of hydrogen-bond acceptors (Lipinski definition) is 2. The SMILES string of the molecule is CC(C)(CNC(=O)c1cccc(Cl)c1N)c1ccccc1. The molecule has 0 aliphatic heterocycles. The summed E-state index contributed by atoms with van der Waals surface area (Å²) in [6.07, 6.45) is 0. The van der Waals surface area contributed by atoms with Gasteiger partial charge in [0.1, 0.15) is 0 Å². The monoisotopic (exact) mass is 302 g/mol. The highest BCUT2D eigenvalue weighted by molar-refractivity contribution is 6.33. The van der Waals surface area contributed by atoms with Gasteiger partial charge in [0.05, 0.1) is 16.3 Å². The Morgan fingerprint density at radius 1 is 1.14 bits per heavy atom. The first-order valence-electron chi connectivity index (χ1n) is 6.79. The average molecular weight is 303 g/mol. The molecule has 0 saturated heterocycles. The molecule has 0 aliphatic carbocycles. The summed E-state index contributed by atoms with van der Waals surface area (Å²) in [7, 11) is 0. The molecule has 0 atom stereocenters. The van der Waals surface area contributed by atoms with Gasteiger partial charge in [-0.25, -0.2) is 0 Å². The van der Waals surface area contributed by atoms with Gasteiger partial charge in [0.2, 0.25) is 0 Å². The summed E-state index contributed by atoms with van der Waals surface area (Å²) >= 11 is 5.94. The highest BCUT2D eigenvalue weighted by Crippen LogP contribution is 2.24. The third-order valence-corrected chi connectivity index (χ3v) is 3.87. The Labute approximate surface area is 130 Å². The summed E-state index contributed by atoms with van der Waals surface area (Å²) in [6.45, 7) is 4.69. The smallest absolute Gasteiger partial charge is 0.253 e. The minimum absolute atomic E-state index is 0.162. The van der Waals surface area contributed by atoms with Gasteiger partial charge in [0, 0.05) is 12.0 Å². The maximum absolute atomic E-state index is 12.2. The third-order valence-electron chi connectivity index (χ3n) is 3.54. The van der Waals surface area contributed by atoms with Crippen LogP contribution in [0.2, 0.25) is 5.02 Å². The highest BCUT2D eigenvalue weighted by atomic mass is 35.5. The minimum atomic E-state index is -0.209. The zero-order valence-corrected chi connectivity index (χ0v) is 12.9. The molecular formula is C17H19ClN2O. The lowest BCUT2D eigenvalue weighted by molar-refractivity contribution is 0.0946. The first kappa shape index (κ1) is 15.4. The van der Waals surface area contributed by atoms with Crippen LogP contribution in [-0.4, -0.2) is 12.5 Å². The van der Waals surface area contributed by atoms with Crippen LogP contribution in [0, 0.1) is 0 Å². The number of benzene rings is 2. The zero-order chi connectivity index (χ0) is 15.5. The van der Waals surface area contributed by atoms with Crippen molar-refractivity contribution in [3.63, 3.8) is 0 Å².